The molecule has 2 amide bonds. The lowest BCUT2D eigenvalue weighted by Crippen LogP contribution is -2.27. The molecule has 0 aliphatic heterocycles. The van der Waals surface area contributed by atoms with Crippen molar-refractivity contribution in [2.24, 2.45) is 11.7 Å². The van der Waals surface area contributed by atoms with Crippen LogP contribution in [0.3, 0.4) is 0 Å². The molecule has 1 saturated carbocycles. The Bertz CT molecular complexity index is 1280. The Balaban J connectivity index is 1.62. The molecular formula is C26H36N2O9P2. The first-order chi connectivity index (χ1) is 18.2. The maximum absolute atomic E-state index is 12.6. The topological polar surface area (TPSA) is 196 Å². The largest absolute Gasteiger partial charge is 0.492 e. The van der Waals surface area contributed by atoms with Crippen LogP contribution in [0.2, 0.25) is 0 Å². The summed E-state index contributed by atoms with van der Waals surface area (Å²) in [5, 5.41) is 2.36. The monoisotopic (exact) mass is 582 g/mol. The summed E-state index contributed by atoms with van der Waals surface area (Å²) >= 11 is 0. The molecule has 1 aliphatic rings. The van der Waals surface area contributed by atoms with Crippen LogP contribution < -0.4 is 21.1 Å². The number of aryl methyl sites for hydroxylation is 1. The molecule has 0 radical (unpaired) electrons. The quantitative estimate of drug-likeness (QED) is 0.204. The molecule has 0 spiro atoms. The van der Waals surface area contributed by atoms with Crippen molar-refractivity contribution in [3.8, 4) is 5.75 Å². The van der Waals surface area contributed by atoms with Crippen molar-refractivity contribution in [2.75, 3.05) is 6.61 Å². The molecule has 13 heteroatoms. The first kappa shape index (κ1) is 31.0. The maximum Gasteiger partial charge on any atom is 0.356 e. The lowest BCUT2D eigenvalue weighted by atomic mass is 9.90. The van der Waals surface area contributed by atoms with Crippen molar-refractivity contribution in [1.29, 1.82) is 0 Å². The molecule has 1 unspecified atom stereocenters. The molecule has 3 rings (SSSR count). The van der Waals surface area contributed by atoms with Crippen LogP contribution in [0, 0.1) is 5.92 Å². The highest BCUT2D eigenvalue weighted by molar-refractivity contribution is 7.60. The Morgan fingerprint density at radius 2 is 1.74 bits per heavy atom. The lowest BCUT2D eigenvalue weighted by Gasteiger charge is -2.22. The zero-order valence-corrected chi connectivity index (χ0v) is 23.6. The van der Waals surface area contributed by atoms with E-state index in [1.54, 1.807) is 25.1 Å². The van der Waals surface area contributed by atoms with E-state index < -0.39 is 38.6 Å². The number of rotatable bonds is 12. The summed E-state index contributed by atoms with van der Waals surface area (Å²) in [6.45, 7) is 2.28. The number of ether oxygens (including phenoxy) is 1. The van der Waals surface area contributed by atoms with E-state index in [1.807, 2.05) is 0 Å². The zero-order chi connectivity index (χ0) is 28.8. The molecule has 214 valence electrons. The number of hydrogen-bond acceptors (Lipinski definition) is 5. The minimum absolute atomic E-state index is 0.00591. The van der Waals surface area contributed by atoms with E-state index >= 15 is 0 Å². The summed E-state index contributed by atoms with van der Waals surface area (Å²) in [5.41, 5.74) is 6.78. The third-order valence-electron chi connectivity index (χ3n) is 6.83. The van der Waals surface area contributed by atoms with Gasteiger partial charge in [0, 0.05) is 6.42 Å². The second-order valence-electron chi connectivity index (χ2n) is 10.1. The van der Waals surface area contributed by atoms with Crippen LogP contribution in [0.25, 0.3) is 0 Å². The predicted octanol–water partition coefficient (Wildman–Crippen LogP) is 3.04. The van der Waals surface area contributed by atoms with Gasteiger partial charge < -0.3 is 35.4 Å². The van der Waals surface area contributed by atoms with Gasteiger partial charge in [-0.3, -0.25) is 18.7 Å². The smallest absolute Gasteiger partial charge is 0.356 e. The fourth-order valence-corrected chi connectivity index (χ4v) is 6.45. The van der Waals surface area contributed by atoms with Crippen LogP contribution in [0.1, 0.15) is 78.5 Å². The van der Waals surface area contributed by atoms with Crippen LogP contribution in [0.15, 0.2) is 36.4 Å². The second kappa shape index (κ2) is 13.2. The van der Waals surface area contributed by atoms with Crippen LogP contribution in [0.5, 0.6) is 5.75 Å². The standard InChI is InChI=1S/C26H36N2O9P2/c1-17(20-10-11-23(22(14-20)26(27)30)37-15-19-5-3-2-4-6-19)28-25(29)12-8-18-7-9-21(16-38(31,32)33)24(13-18)39(34,35)36/h7,9-11,13-14,17,19H,2-6,8,12,15-16H2,1H3,(H2,27,30)(H,28,29)(H2,31,32,33)(H2,34,35,36). The summed E-state index contributed by atoms with van der Waals surface area (Å²) in [6, 6.07) is 8.50. The number of amides is 2. The van der Waals surface area contributed by atoms with Crippen LogP contribution in [0.4, 0.5) is 0 Å². The molecule has 0 aromatic heterocycles. The molecule has 0 heterocycles. The van der Waals surface area contributed by atoms with E-state index in [2.05, 4.69) is 5.32 Å². The van der Waals surface area contributed by atoms with Crippen LogP contribution in [-0.4, -0.2) is 38.0 Å². The number of carbonyl (C=O) groups is 2. The fourth-order valence-electron chi connectivity index (χ4n) is 4.74. The molecule has 0 bridgehead atoms. The lowest BCUT2D eigenvalue weighted by molar-refractivity contribution is -0.121. The molecular weight excluding hydrogens is 546 g/mol. The highest BCUT2D eigenvalue weighted by atomic mass is 31.2. The van der Waals surface area contributed by atoms with Gasteiger partial charge in [0.25, 0.3) is 5.91 Å². The maximum atomic E-state index is 12.6. The summed E-state index contributed by atoms with van der Waals surface area (Å²) in [7, 11) is -9.34. The Morgan fingerprint density at radius 1 is 1.05 bits per heavy atom. The van der Waals surface area contributed by atoms with E-state index in [-0.39, 0.29) is 29.9 Å². The number of carbonyl (C=O) groups excluding carboxylic acids is 2. The molecule has 11 nitrogen and oxygen atoms in total. The summed E-state index contributed by atoms with van der Waals surface area (Å²) in [5.74, 6) is -0.0920. The number of nitrogens with two attached hydrogens (primary N) is 1. The second-order valence-corrected chi connectivity index (χ2v) is 13.3. The highest BCUT2D eigenvalue weighted by Gasteiger charge is 2.26. The normalized spacial score (nSPS) is 15.5. The third-order valence-corrected chi connectivity index (χ3v) is 8.62. The molecule has 2 aromatic rings. The van der Waals surface area contributed by atoms with E-state index in [4.69, 9.17) is 10.5 Å². The minimum atomic E-state index is -4.80. The minimum Gasteiger partial charge on any atom is -0.492 e. The zero-order valence-electron chi connectivity index (χ0n) is 21.8. The molecule has 7 N–H and O–H groups in total. The molecule has 1 fully saturated rings. The van der Waals surface area contributed by atoms with Crippen LogP contribution in [-0.2, 0) is 26.5 Å². The molecule has 39 heavy (non-hydrogen) atoms. The highest BCUT2D eigenvalue weighted by Crippen LogP contribution is 2.43. The Hall–Kier alpha value is -2.52. The van der Waals surface area contributed by atoms with Gasteiger partial charge >= 0.3 is 15.2 Å². The van der Waals surface area contributed by atoms with Crippen LogP contribution >= 0.6 is 15.2 Å². The van der Waals surface area contributed by atoms with Gasteiger partial charge in [-0.25, -0.2) is 0 Å². The molecule has 0 saturated heterocycles. The van der Waals surface area contributed by atoms with E-state index in [0.29, 0.717) is 29.4 Å². The predicted molar refractivity (Wildman–Crippen MR) is 146 cm³/mol. The van der Waals surface area contributed by atoms with E-state index in [9.17, 15) is 38.3 Å². The van der Waals surface area contributed by atoms with Gasteiger partial charge in [-0.1, -0.05) is 37.5 Å². The van der Waals surface area contributed by atoms with Crippen molar-refractivity contribution in [2.45, 2.75) is 64.1 Å². The first-order valence-electron chi connectivity index (χ1n) is 12.8. The molecule has 1 atom stereocenters. The van der Waals surface area contributed by atoms with Crippen molar-refractivity contribution < 1.29 is 43.0 Å². The number of benzene rings is 2. The fraction of sp³-hybridized carbons (Fsp3) is 0.462. The van der Waals surface area contributed by atoms with Gasteiger partial charge in [0.15, 0.2) is 0 Å². The van der Waals surface area contributed by atoms with E-state index in [1.165, 1.54) is 37.5 Å². The Kier molecular flexibility index (Phi) is 10.5. The SMILES string of the molecule is CC(NC(=O)CCc1ccc(CP(=O)(O)O)c(P(=O)(O)O)c1)c1ccc(OCC2CCCCC2)c(C(N)=O)c1. The first-order valence-corrected chi connectivity index (χ1v) is 16.2. The van der Waals surface area contributed by atoms with Gasteiger partial charge in [0.1, 0.15) is 5.75 Å². The van der Waals surface area contributed by atoms with Gasteiger partial charge in [0.05, 0.1) is 29.7 Å². The number of nitrogens with one attached hydrogen (secondary N) is 1. The number of hydrogen-bond donors (Lipinski definition) is 6. The van der Waals surface area contributed by atoms with Crippen molar-refractivity contribution >= 4 is 32.3 Å². The van der Waals surface area contributed by atoms with Gasteiger partial charge in [0.2, 0.25) is 5.91 Å². The average molecular weight is 583 g/mol. The van der Waals surface area contributed by atoms with E-state index in [0.717, 1.165) is 12.8 Å². The summed E-state index contributed by atoms with van der Waals surface area (Å²) < 4.78 is 29.1. The van der Waals surface area contributed by atoms with Crippen molar-refractivity contribution in [3.05, 3.63) is 58.7 Å². The summed E-state index contributed by atoms with van der Waals surface area (Å²) in [4.78, 5) is 62.4. The molecule has 2 aromatic carbocycles. The van der Waals surface area contributed by atoms with Crippen molar-refractivity contribution in [1.82, 2.24) is 5.32 Å². The van der Waals surface area contributed by atoms with Gasteiger partial charge in [-0.05, 0) is 67.0 Å². The third kappa shape index (κ3) is 9.57. The Labute approximate surface area is 227 Å². The van der Waals surface area contributed by atoms with Gasteiger partial charge in [-0.2, -0.15) is 0 Å². The van der Waals surface area contributed by atoms with Gasteiger partial charge in [-0.15, -0.1) is 0 Å². The van der Waals surface area contributed by atoms with Crippen molar-refractivity contribution in [3.63, 3.8) is 0 Å². The number of primary amides is 1. The Morgan fingerprint density at radius 3 is 2.36 bits per heavy atom. The average Bonchev–Trinajstić information content (AvgIpc) is 2.85. The molecule has 1 aliphatic carbocycles. The summed E-state index contributed by atoms with van der Waals surface area (Å²) in [6.07, 6.45) is 5.14.